The smallest absolute Gasteiger partial charge is 0.350 e. The molecule has 38 heavy (non-hydrogen) atoms. The SMILES string of the molecule is C=C(CC)C(=O)c1ccc(OC(C)(CC)C(=O)O[C@H](C)C(C)(CC)C(=O)O[C@H](C)C(=O)OCC)c(Cl)c1Cl. The van der Waals surface area contributed by atoms with Crippen LogP contribution in [-0.2, 0) is 28.6 Å². The number of hydrogen-bond acceptors (Lipinski definition) is 8. The number of esters is 3. The fourth-order valence-electron chi connectivity index (χ4n) is 3.25. The van der Waals surface area contributed by atoms with Crippen LogP contribution in [0.4, 0.5) is 0 Å². The molecule has 1 aromatic carbocycles. The number of rotatable bonds is 14. The number of hydrogen-bond donors (Lipinski definition) is 0. The fourth-order valence-corrected chi connectivity index (χ4v) is 3.70. The predicted molar refractivity (Wildman–Crippen MR) is 146 cm³/mol. The van der Waals surface area contributed by atoms with Crippen molar-refractivity contribution in [2.45, 2.75) is 92.5 Å². The molecule has 0 saturated carbocycles. The summed E-state index contributed by atoms with van der Waals surface area (Å²) in [5.41, 5.74) is -2.20. The molecule has 0 bridgehead atoms. The molecule has 4 atom stereocenters. The molecule has 0 aliphatic rings. The topological polar surface area (TPSA) is 105 Å². The van der Waals surface area contributed by atoms with Crippen LogP contribution < -0.4 is 4.74 Å². The predicted octanol–water partition coefficient (Wildman–Crippen LogP) is 6.53. The highest BCUT2D eigenvalue weighted by molar-refractivity contribution is 6.45. The number of halogens is 2. The second-order valence-electron chi connectivity index (χ2n) is 9.33. The zero-order valence-electron chi connectivity index (χ0n) is 23.4. The number of carbonyl (C=O) groups excluding carboxylic acids is 4. The third-order valence-electron chi connectivity index (χ3n) is 6.77. The highest BCUT2D eigenvalue weighted by atomic mass is 35.5. The lowest BCUT2D eigenvalue weighted by molar-refractivity contribution is -0.186. The Morgan fingerprint density at radius 1 is 0.921 bits per heavy atom. The molecule has 10 heteroatoms. The van der Waals surface area contributed by atoms with Gasteiger partial charge in [0.15, 0.2) is 11.9 Å². The standard InChI is InChI=1S/C28H38Cl2O8/c1-10-16(5)23(31)19-14-15-20(22(30)21(19)29)38-28(9,12-3)26(34)37-18(7)27(8,11-2)25(33)36-17(6)24(32)35-13-4/h14-15,17-18H,5,10-13H2,1-4,6-9H3/t17-,18-,27?,28?/m1/s1. The Labute approximate surface area is 234 Å². The van der Waals surface area contributed by atoms with Crippen molar-refractivity contribution in [2.24, 2.45) is 5.41 Å². The number of allylic oxidation sites excluding steroid dienone is 1. The second-order valence-corrected chi connectivity index (χ2v) is 10.1. The Morgan fingerprint density at radius 3 is 2.03 bits per heavy atom. The van der Waals surface area contributed by atoms with Crippen LogP contribution in [-0.4, -0.2) is 48.1 Å². The van der Waals surface area contributed by atoms with Crippen LogP contribution in [0.15, 0.2) is 24.3 Å². The van der Waals surface area contributed by atoms with Crippen LogP contribution in [0.3, 0.4) is 0 Å². The lowest BCUT2D eigenvalue weighted by Crippen LogP contribution is -2.49. The zero-order valence-corrected chi connectivity index (χ0v) is 24.9. The van der Waals surface area contributed by atoms with Crippen molar-refractivity contribution >= 4 is 46.9 Å². The van der Waals surface area contributed by atoms with Crippen LogP contribution in [0, 0.1) is 5.41 Å². The summed E-state index contributed by atoms with van der Waals surface area (Å²) in [7, 11) is 0. The number of benzene rings is 1. The van der Waals surface area contributed by atoms with E-state index >= 15 is 0 Å². The summed E-state index contributed by atoms with van der Waals surface area (Å²) in [5, 5.41) is -0.0437. The summed E-state index contributed by atoms with van der Waals surface area (Å²) in [6, 6.07) is 2.92. The maximum atomic E-state index is 13.3. The average Bonchev–Trinajstić information content (AvgIpc) is 2.89. The first-order chi connectivity index (χ1) is 17.6. The van der Waals surface area contributed by atoms with E-state index in [9.17, 15) is 19.2 Å². The normalized spacial score (nSPS) is 15.7. The lowest BCUT2D eigenvalue weighted by Gasteiger charge is -2.35. The van der Waals surface area contributed by atoms with Gasteiger partial charge in [-0.05, 0) is 71.6 Å². The molecule has 1 aromatic rings. The van der Waals surface area contributed by atoms with Gasteiger partial charge in [-0.1, -0.05) is 50.6 Å². The minimum absolute atomic E-state index is 0.0130. The van der Waals surface area contributed by atoms with Gasteiger partial charge in [-0.15, -0.1) is 0 Å². The van der Waals surface area contributed by atoms with E-state index in [1.165, 1.54) is 26.0 Å². The molecule has 8 nitrogen and oxygen atoms in total. The molecule has 212 valence electrons. The maximum Gasteiger partial charge on any atom is 0.350 e. The molecular formula is C28H38Cl2O8. The monoisotopic (exact) mass is 572 g/mol. The van der Waals surface area contributed by atoms with Crippen molar-refractivity contribution in [3.8, 4) is 5.75 Å². The molecule has 1 rings (SSSR count). The van der Waals surface area contributed by atoms with Crippen molar-refractivity contribution < 1.29 is 38.1 Å². The number of ketones is 1. The van der Waals surface area contributed by atoms with Gasteiger partial charge in [0.2, 0.25) is 5.60 Å². The van der Waals surface area contributed by atoms with Gasteiger partial charge in [-0.2, -0.15) is 0 Å². The highest BCUT2D eigenvalue weighted by Crippen LogP contribution is 2.39. The van der Waals surface area contributed by atoms with Gasteiger partial charge in [0, 0.05) is 5.56 Å². The second kappa shape index (κ2) is 14.0. The minimum Gasteiger partial charge on any atom is -0.474 e. The van der Waals surface area contributed by atoms with Crippen LogP contribution in [0.1, 0.15) is 85.0 Å². The molecule has 0 N–H and O–H groups in total. The Kier molecular flexibility index (Phi) is 12.3. The van der Waals surface area contributed by atoms with Crippen molar-refractivity contribution in [3.05, 3.63) is 39.9 Å². The maximum absolute atomic E-state index is 13.3. The van der Waals surface area contributed by atoms with E-state index in [0.29, 0.717) is 12.0 Å². The molecule has 0 amide bonds. The van der Waals surface area contributed by atoms with Crippen LogP contribution in [0.25, 0.3) is 0 Å². The first kappa shape index (κ1) is 33.4. The quantitative estimate of drug-likeness (QED) is 0.107. The molecule has 0 fully saturated rings. The molecule has 0 aromatic heterocycles. The van der Waals surface area contributed by atoms with Crippen molar-refractivity contribution in [2.75, 3.05) is 6.61 Å². The number of ether oxygens (including phenoxy) is 4. The largest absolute Gasteiger partial charge is 0.474 e. The first-order valence-corrected chi connectivity index (χ1v) is 13.4. The lowest BCUT2D eigenvalue weighted by atomic mass is 9.82. The zero-order chi connectivity index (χ0) is 29.4. The van der Waals surface area contributed by atoms with Gasteiger partial charge in [0.25, 0.3) is 0 Å². The summed E-state index contributed by atoms with van der Waals surface area (Å²) >= 11 is 12.8. The van der Waals surface area contributed by atoms with Crippen LogP contribution in [0.5, 0.6) is 5.75 Å². The van der Waals surface area contributed by atoms with Crippen molar-refractivity contribution in [1.29, 1.82) is 0 Å². The summed E-state index contributed by atoms with van der Waals surface area (Å²) in [6.45, 7) is 16.9. The number of Topliss-reactive ketones (excluding diaryl/α,β-unsaturated/α-hetero) is 1. The summed E-state index contributed by atoms with van der Waals surface area (Å²) in [6.07, 6.45) is -1.14. The molecular weight excluding hydrogens is 535 g/mol. The Bertz CT molecular complexity index is 1070. The third kappa shape index (κ3) is 7.50. The molecule has 0 saturated heterocycles. The number of carbonyl (C=O) groups is 4. The van der Waals surface area contributed by atoms with E-state index in [-0.39, 0.29) is 46.6 Å². The van der Waals surface area contributed by atoms with Crippen LogP contribution in [0.2, 0.25) is 10.0 Å². The minimum atomic E-state index is -1.50. The Hall–Kier alpha value is -2.58. The first-order valence-electron chi connectivity index (χ1n) is 12.6. The molecule has 0 spiro atoms. The third-order valence-corrected chi connectivity index (χ3v) is 7.63. The van der Waals surface area contributed by atoms with E-state index in [1.54, 1.807) is 41.5 Å². The Balaban J connectivity index is 3.14. The molecule has 0 aliphatic heterocycles. The molecule has 2 unspecified atom stereocenters. The van der Waals surface area contributed by atoms with Crippen molar-refractivity contribution in [1.82, 2.24) is 0 Å². The highest BCUT2D eigenvalue weighted by Gasteiger charge is 2.46. The summed E-state index contributed by atoms with van der Waals surface area (Å²) < 4.78 is 21.9. The van der Waals surface area contributed by atoms with Gasteiger partial charge in [-0.3, -0.25) is 9.59 Å². The van der Waals surface area contributed by atoms with E-state index in [0.717, 1.165) is 0 Å². The van der Waals surface area contributed by atoms with Gasteiger partial charge < -0.3 is 18.9 Å². The molecule has 0 heterocycles. The van der Waals surface area contributed by atoms with E-state index < -0.39 is 41.1 Å². The van der Waals surface area contributed by atoms with Crippen LogP contribution >= 0.6 is 23.2 Å². The van der Waals surface area contributed by atoms with Gasteiger partial charge in [-0.25, -0.2) is 9.59 Å². The summed E-state index contributed by atoms with van der Waals surface area (Å²) in [5.74, 6) is -2.36. The van der Waals surface area contributed by atoms with E-state index in [2.05, 4.69) is 6.58 Å². The van der Waals surface area contributed by atoms with Gasteiger partial charge in [0.05, 0.1) is 11.6 Å². The van der Waals surface area contributed by atoms with Crippen molar-refractivity contribution in [3.63, 3.8) is 0 Å². The van der Waals surface area contributed by atoms with E-state index in [1.807, 2.05) is 0 Å². The fraction of sp³-hybridized carbons (Fsp3) is 0.571. The average molecular weight is 574 g/mol. The molecule has 0 aliphatic carbocycles. The Morgan fingerprint density at radius 2 is 1.53 bits per heavy atom. The summed E-state index contributed by atoms with van der Waals surface area (Å²) in [4.78, 5) is 50.7. The van der Waals surface area contributed by atoms with E-state index in [4.69, 9.17) is 42.1 Å². The van der Waals surface area contributed by atoms with Gasteiger partial charge in [0.1, 0.15) is 22.3 Å². The van der Waals surface area contributed by atoms with Gasteiger partial charge >= 0.3 is 17.9 Å². The molecule has 0 radical (unpaired) electrons.